The Morgan fingerprint density at radius 3 is 2.28 bits per heavy atom. The lowest BCUT2D eigenvalue weighted by molar-refractivity contribution is 0.103. The van der Waals surface area contributed by atoms with Crippen LogP contribution in [-0.2, 0) is 23.5 Å². The number of ketones is 1. The number of ether oxygens (including phenoxy) is 1. The van der Waals surface area contributed by atoms with Crippen molar-refractivity contribution in [2.75, 3.05) is 6.61 Å². The number of nitrogens with two attached hydrogens (primary N) is 1. The van der Waals surface area contributed by atoms with Crippen molar-refractivity contribution in [3.63, 3.8) is 0 Å². The van der Waals surface area contributed by atoms with Crippen LogP contribution < -0.4 is 9.88 Å². The highest BCUT2D eigenvalue weighted by Crippen LogP contribution is 2.22. The summed E-state index contributed by atoms with van der Waals surface area (Å²) in [7, 11) is -2.16. The van der Waals surface area contributed by atoms with E-state index in [4.69, 9.17) is 9.88 Å². The van der Waals surface area contributed by atoms with Crippen molar-refractivity contribution in [3.8, 4) is 5.75 Å². The van der Waals surface area contributed by atoms with Crippen LogP contribution in [0, 0.1) is 5.82 Å². The van der Waals surface area contributed by atoms with Gasteiger partial charge in [-0.3, -0.25) is 4.79 Å². The van der Waals surface area contributed by atoms with Crippen LogP contribution in [0.1, 0.15) is 34.2 Å². The second-order valence-electron chi connectivity index (χ2n) is 6.54. The molecule has 0 unspecified atom stereocenters. The van der Waals surface area contributed by atoms with E-state index in [0.29, 0.717) is 29.2 Å². The number of sulfonamides is 1. The van der Waals surface area contributed by atoms with Crippen molar-refractivity contribution in [2.45, 2.75) is 18.2 Å². The molecule has 0 aliphatic heterocycles. The first-order valence-electron chi connectivity index (χ1n) is 8.94. The molecule has 6 nitrogen and oxygen atoms in total. The number of nitrogens with zero attached hydrogens (tertiary/aromatic N) is 1. The van der Waals surface area contributed by atoms with Crippen LogP contribution in [0.5, 0.6) is 5.75 Å². The van der Waals surface area contributed by atoms with Crippen LogP contribution in [0.25, 0.3) is 0 Å². The van der Waals surface area contributed by atoms with E-state index in [2.05, 4.69) is 0 Å². The van der Waals surface area contributed by atoms with Gasteiger partial charge >= 0.3 is 0 Å². The van der Waals surface area contributed by atoms with Gasteiger partial charge < -0.3 is 9.30 Å². The predicted octanol–water partition coefficient (Wildman–Crippen LogP) is 3.03. The summed E-state index contributed by atoms with van der Waals surface area (Å²) in [6, 6.07) is 13.8. The Kier molecular flexibility index (Phi) is 5.86. The normalized spacial score (nSPS) is 11.4. The molecule has 8 heteroatoms. The summed E-state index contributed by atoms with van der Waals surface area (Å²) in [6.45, 7) is 2.40. The first kappa shape index (κ1) is 20.8. The van der Waals surface area contributed by atoms with Gasteiger partial charge in [0.25, 0.3) is 0 Å². The summed E-state index contributed by atoms with van der Waals surface area (Å²) in [6.07, 6.45) is 0.198. The van der Waals surface area contributed by atoms with Gasteiger partial charge in [-0.25, -0.2) is 17.9 Å². The van der Waals surface area contributed by atoms with E-state index in [9.17, 15) is 17.6 Å². The molecule has 0 spiro atoms. The number of carbonyl (C=O) groups is 1. The first-order chi connectivity index (χ1) is 13.7. The zero-order valence-electron chi connectivity index (χ0n) is 16.1. The topological polar surface area (TPSA) is 91.4 Å². The van der Waals surface area contributed by atoms with Gasteiger partial charge in [-0.05, 0) is 48.9 Å². The maximum absolute atomic E-state index is 14.6. The summed E-state index contributed by atoms with van der Waals surface area (Å²) < 4.78 is 44.1. The number of aromatic nitrogens is 1. The van der Waals surface area contributed by atoms with Crippen LogP contribution in [0.4, 0.5) is 4.39 Å². The number of primary sulfonamides is 1. The summed E-state index contributed by atoms with van der Waals surface area (Å²) in [4.78, 5) is 12.8. The van der Waals surface area contributed by atoms with Crippen LogP contribution in [0.2, 0.25) is 0 Å². The first-order valence-corrected chi connectivity index (χ1v) is 10.5. The molecule has 29 heavy (non-hydrogen) atoms. The number of halogens is 1. The second kappa shape index (κ2) is 8.18. The molecule has 0 atom stereocenters. The summed E-state index contributed by atoms with van der Waals surface area (Å²) in [5.74, 6) is -0.145. The number of benzene rings is 2. The minimum absolute atomic E-state index is 0.0139. The fraction of sp³-hybridized carbons (Fsp3) is 0.190. The van der Waals surface area contributed by atoms with Gasteiger partial charge in [0.1, 0.15) is 11.6 Å². The Balaban J connectivity index is 1.85. The average molecular weight is 416 g/mol. The molecule has 0 radical (unpaired) electrons. The predicted molar refractivity (Wildman–Crippen MR) is 107 cm³/mol. The lowest BCUT2D eigenvalue weighted by Gasteiger charge is -2.09. The van der Waals surface area contributed by atoms with Gasteiger partial charge in [-0.2, -0.15) is 0 Å². The van der Waals surface area contributed by atoms with Crippen molar-refractivity contribution in [3.05, 3.63) is 82.9 Å². The Bertz CT molecular complexity index is 1130. The molecule has 0 amide bonds. The summed E-state index contributed by atoms with van der Waals surface area (Å²) in [5, 5.41) is 5.09. The van der Waals surface area contributed by atoms with Gasteiger partial charge in [-0.15, -0.1) is 0 Å². The molecule has 0 saturated heterocycles. The number of hydrogen-bond acceptors (Lipinski definition) is 4. The molecule has 0 aliphatic rings. The third kappa shape index (κ3) is 4.55. The highest BCUT2D eigenvalue weighted by molar-refractivity contribution is 7.89. The molecule has 152 valence electrons. The SMILES string of the molecule is CCOc1ccc(C(=O)c2cc(F)c(Cc3ccc(S(N)(=O)=O)cc3)n2C)cc1. The van der Waals surface area contributed by atoms with Gasteiger partial charge in [0, 0.05) is 25.1 Å². The molecule has 3 aromatic rings. The molecule has 1 aromatic heterocycles. The van der Waals surface area contributed by atoms with Gasteiger partial charge in [0.15, 0.2) is 0 Å². The molecule has 0 fully saturated rings. The highest BCUT2D eigenvalue weighted by atomic mass is 32.2. The maximum Gasteiger partial charge on any atom is 0.238 e. The van der Waals surface area contributed by atoms with E-state index in [-0.39, 0.29) is 22.8 Å². The largest absolute Gasteiger partial charge is 0.494 e. The van der Waals surface area contributed by atoms with Crippen LogP contribution in [0.3, 0.4) is 0 Å². The minimum atomic E-state index is -3.79. The quantitative estimate of drug-likeness (QED) is 0.600. The Morgan fingerprint density at radius 2 is 1.72 bits per heavy atom. The van der Waals surface area contributed by atoms with E-state index >= 15 is 0 Å². The molecule has 0 bridgehead atoms. The fourth-order valence-corrected chi connectivity index (χ4v) is 3.55. The second-order valence-corrected chi connectivity index (χ2v) is 8.10. The van der Waals surface area contributed by atoms with Crippen molar-refractivity contribution in [2.24, 2.45) is 12.2 Å². The van der Waals surface area contributed by atoms with E-state index in [1.165, 1.54) is 22.8 Å². The average Bonchev–Trinajstić information content (AvgIpc) is 2.96. The van der Waals surface area contributed by atoms with Crippen LogP contribution in [-0.4, -0.2) is 25.4 Å². The maximum atomic E-state index is 14.6. The zero-order chi connectivity index (χ0) is 21.2. The van der Waals surface area contributed by atoms with Crippen molar-refractivity contribution >= 4 is 15.8 Å². The lowest BCUT2D eigenvalue weighted by Crippen LogP contribution is -2.12. The third-order valence-corrected chi connectivity index (χ3v) is 5.52. The third-order valence-electron chi connectivity index (χ3n) is 4.59. The molecule has 1 heterocycles. The lowest BCUT2D eigenvalue weighted by atomic mass is 10.1. The minimum Gasteiger partial charge on any atom is -0.494 e. The Morgan fingerprint density at radius 1 is 1.10 bits per heavy atom. The molecule has 0 saturated carbocycles. The summed E-state index contributed by atoms with van der Waals surface area (Å²) >= 11 is 0. The number of hydrogen-bond donors (Lipinski definition) is 1. The van der Waals surface area contributed by atoms with E-state index in [0.717, 1.165) is 0 Å². The monoisotopic (exact) mass is 416 g/mol. The number of rotatable bonds is 7. The van der Waals surface area contributed by atoms with Crippen LogP contribution in [0.15, 0.2) is 59.5 Å². The van der Waals surface area contributed by atoms with Crippen LogP contribution >= 0.6 is 0 Å². The molecule has 2 aromatic carbocycles. The smallest absolute Gasteiger partial charge is 0.238 e. The van der Waals surface area contributed by atoms with E-state index in [1.807, 2.05) is 6.92 Å². The number of carbonyl (C=O) groups excluding carboxylic acids is 1. The Labute approximate surface area is 168 Å². The van der Waals surface area contributed by atoms with E-state index < -0.39 is 15.8 Å². The standard InChI is InChI=1S/C21H21FN2O4S/c1-3-28-16-8-6-15(7-9-16)21(25)20-13-18(22)19(24(20)2)12-14-4-10-17(11-5-14)29(23,26)27/h4-11,13H,3,12H2,1-2H3,(H2,23,26,27). The van der Waals surface area contributed by atoms with Crippen molar-refractivity contribution < 1.29 is 22.3 Å². The fourth-order valence-electron chi connectivity index (χ4n) is 3.03. The highest BCUT2D eigenvalue weighted by Gasteiger charge is 2.20. The Hall–Kier alpha value is -2.97. The zero-order valence-corrected chi connectivity index (χ0v) is 16.9. The van der Waals surface area contributed by atoms with Gasteiger partial charge in [-0.1, -0.05) is 12.1 Å². The van der Waals surface area contributed by atoms with Crippen molar-refractivity contribution in [1.82, 2.24) is 4.57 Å². The van der Waals surface area contributed by atoms with Gasteiger partial charge in [0.2, 0.25) is 15.8 Å². The van der Waals surface area contributed by atoms with E-state index in [1.54, 1.807) is 43.4 Å². The summed E-state index contributed by atoms with van der Waals surface area (Å²) in [5.41, 5.74) is 1.67. The molecule has 0 aliphatic carbocycles. The molecule has 2 N–H and O–H groups in total. The molecule has 3 rings (SSSR count). The van der Waals surface area contributed by atoms with Crippen molar-refractivity contribution in [1.29, 1.82) is 0 Å². The molecular weight excluding hydrogens is 395 g/mol. The molecular formula is C21H21FN2O4S. The van der Waals surface area contributed by atoms with Gasteiger partial charge in [0.05, 0.1) is 22.9 Å².